The van der Waals surface area contributed by atoms with Crippen molar-refractivity contribution in [2.45, 2.75) is 43.9 Å². The maximum Gasteiger partial charge on any atom is 0.220 e. The molecule has 2 N–H and O–H groups in total. The van der Waals surface area contributed by atoms with Crippen LogP contribution in [0.3, 0.4) is 0 Å². The minimum absolute atomic E-state index is 0.00380. The summed E-state index contributed by atoms with van der Waals surface area (Å²) in [6.45, 7) is 1.19. The molecule has 0 heterocycles. The molecule has 2 amide bonds. The zero-order valence-electron chi connectivity index (χ0n) is 22.5. The molecule has 4 nitrogen and oxygen atoms in total. The normalized spacial score (nSPS) is 10.9. The Labute approximate surface area is 232 Å². The predicted molar refractivity (Wildman–Crippen MR) is 159 cm³/mol. The Balaban J connectivity index is 1.17. The van der Waals surface area contributed by atoms with E-state index in [0.717, 1.165) is 12.8 Å². The summed E-state index contributed by atoms with van der Waals surface area (Å²) >= 11 is 0. The number of carbonyl (C=O) groups excluding carboxylic acids is 2. The zero-order chi connectivity index (χ0) is 27.1. The average molecular weight is 519 g/mol. The number of benzene rings is 4. The summed E-state index contributed by atoms with van der Waals surface area (Å²) in [4.78, 5) is 24.9. The fourth-order valence-corrected chi connectivity index (χ4v) is 5.09. The van der Waals surface area contributed by atoms with E-state index in [1.165, 1.54) is 22.3 Å². The van der Waals surface area contributed by atoms with Crippen molar-refractivity contribution in [3.8, 4) is 0 Å². The summed E-state index contributed by atoms with van der Waals surface area (Å²) in [6, 6.07) is 41.6. The third-order valence-corrected chi connectivity index (χ3v) is 7.13. The van der Waals surface area contributed by atoms with Crippen LogP contribution in [0.2, 0.25) is 0 Å². The molecule has 200 valence electrons. The number of hydrogen-bond acceptors (Lipinski definition) is 2. The van der Waals surface area contributed by atoms with Crippen LogP contribution < -0.4 is 10.6 Å². The highest BCUT2D eigenvalue weighted by molar-refractivity contribution is 5.78. The van der Waals surface area contributed by atoms with E-state index in [9.17, 15) is 9.59 Å². The summed E-state index contributed by atoms with van der Waals surface area (Å²) < 4.78 is 0. The quantitative estimate of drug-likeness (QED) is 0.192. The molecule has 0 aliphatic heterocycles. The van der Waals surface area contributed by atoms with Gasteiger partial charge in [-0.25, -0.2) is 0 Å². The van der Waals surface area contributed by atoms with Crippen molar-refractivity contribution in [3.63, 3.8) is 0 Å². The molecule has 0 bridgehead atoms. The van der Waals surface area contributed by atoms with E-state index in [-0.39, 0.29) is 23.7 Å². The first-order valence-electron chi connectivity index (χ1n) is 13.9. The van der Waals surface area contributed by atoms with E-state index in [2.05, 4.69) is 108 Å². The van der Waals surface area contributed by atoms with Crippen molar-refractivity contribution in [3.05, 3.63) is 144 Å². The summed E-state index contributed by atoms with van der Waals surface area (Å²) in [7, 11) is 0. The van der Waals surface area contributed by atoms with Gasteiger partial charge >= 0.3 is 0 Å². The largest absolute Gasteiger partial charge is 0.356 e. The van der Waals surface area contributed by atoms with Crippen molar-refractivity contribution >= 4 is 11.8 Å². The molecule has 4 aromatic carbocycles. The van der Waals surface area contributed by atoms with E-state index < -0.39 is 0 Å². The number of rotatable bonds is 14. The molecule has 0 aliphatic rings. The first-order valence-corrected chi connectivity index (χ1v) is 13.9. The molecular weight excluding hydrogens is 480 g/mol. The van der Waals surface area contributed by atoms with Crippen LogP contribution in [0.15, 0.2) is 121 Å². The van der Waals surface area contributed by atoms with Gasteiger partial charge in [-0.3, -0.25) is 9.59 Å². The second kappa shape index (κ2) is 15.3. The lowest BCUT2D eigenvalue weighted by Crippen LogP contribution is -2.27. The van der Waals surface area contributed by atoms with Gasteiger partial charge in [0, 0.05) is 37.8 Å². The van der Waals surface area contributed by atoms with Gasteiger partial charge in [0.1, 0.15) is 0 Å². The van der Waals surface area contributed by atoms with Crippen molar-refractivity contribution in [2.75, 3.05) is 13.1 Å². The Kier molecular flexibility index (Phi) is 10.9. The molecule has 39 heavy (non-hydrogen) atoms. The van der Waals surface area contributed by atoms with Gasteiger partial charge in [-0.2, -0.15) is 0 Å². The topological polar surface area (TPSA) is 58.2 Å². The second-order valence-electron chi connectivity index (χ2n) is 9.88. The number of amides is 2. The average Bonchev–Trinajstić information content (AvgIpc) is 2.99. The van der Waals surface area contributed by atoms with Gasteiger partial charge < -0.3 is 10.6 Å². The summed E-state index contributed by atoms with van der Waals surface area (Å²) in [6.07, 6.45) is 2.89. The van der Waals surface area contributed by atoms with Crippen LogP contribution in [0.1, 0.15) is 66.2 Å². The van der Waals surface area contributed by atoms with Gasteiger partial charge in [-0.1, -0.05) is 121 Å². The van der Waals surface area contributed by atoms with Crippen molar-refractivity contribution < 1.29 is 9.59 Å². The van der Waals surface area contributed by atoms with Gasteiger partial charge in [0.2, 0.25) is 11.8 Å². The Morgan fingerprint density at radius 2 is 0.744 bits per heavy atom. The molecule has 0 spiro atoms. The van der Waals surface area contributed by atoms with Crippen LogP contribution in [0.25, 0.3) is 0 Å². The third-order valence-electron chi connectivity index (χ3n) is 7.13. The van der Waals surface area contributed by atoms with Gasteiger partial charge in [0.25, 0.3) is 0 Å². The van der Waals surface area contributed by atoms with E-state index in [4.69, 9.17) is 0 Å². The maximum absolute atomic E-state index is 12.5. The highest BCUT2D eigenvalue weighted by Crippen LogP contribution is 2.28. The molecule has 0 aliphatic carbocycles. The van der Waals surface area contributed by atoms with Crippen LogP contribution >= 0.6 is 0 Å². The fourth-order valence-electron chi connectivity index (χ4n) is 5.09. The highest BCUT2D eigenvalue weighted by Gasteiger charge is 2.16. The summed E-state index contributed by atoms with van der Waals surface area (Å²) in [5.74, 6) is 0.454. The van der Waals surface area contributed by atoms with E-state index in [1.54, 1.807) is 0 Å². The highest BCUT2D eigenvalue weighted by atomic mass is 16.2. The molecule has 4 heteroatoms. The van der Waals surface area contributed by atoms with E-state index in [0.29, 0.717) is 32.4 Å². The molecular formula is C35H38N2O2. The molecule has 4 rings (SSSR count). The first-order chi connectivity index (χ1) is 19.2. The first kappa shape index (κ1) is 27.8. The Hall–Kier alpha value is -4.18. The van der Waals surface area contributed by atoms with Crippen LogP contribution in [0.5, 0.6) is 0 Å². The Morgan fingerprint density at radius 3 is 1.03 bits per heavy atom. The van der Waals surface area contributed by atoms with Gasteiger partial charge in [0.15, 0.2) is 0 Å². The fraction of sp³-hybridized carbons (Fsp3) is 0.257. The van der Waals surface area contributed by atoms with Crippen LogP contribution in [-0.4, -0.2) is 24.9 Å². The number of carbonyl (C=O) groups is 2. The third kappa shape index (κ3) is 8.96. The monoisotopic (exact) mass is 518 g/mol. The molecule has 0 radical (unpaired) electrons. The molecule has 0 saturated heterocycles. The lowest BCUT2D eigenvalue weighted by molar-refractivity contribution is -0.122. The smallest absolute Gasteiger partial charge is 0.220 e. The number of nitrogens with one attached hydrogen (secondary N) is 2. The Morgan fingerprint density at radius 1 is 0.462 bits per heavy atom. The van der Waals surface area contributed by atoms with Gasteiger partial charge in [-0.15, -0.1) is 0 Å². The van der Waals surface area contributed by atoms with Crippen molar-refractivity contribution in [2.24, 2.45) is 0 Å². The summed E-state index contributed by atoms with van der Waals surface area (Å²) in [5, 5.41) is 6.10. The number of hydrogen-bond donors (Lipinski definition) is 2. The maximum atomic E-state index is 12.5. The molecule has 0 fully saturated rings. The van der Waals surface area contributed by atoms with E-state index >= 15 is 0 Å². The predicted octanol–water partition coefficient (Wildman–Crippen LogP) is 6.83. The molecule has 4 aromatic rings. The lowest BCUT2D eigenvalue weighted by atomic mass is 9.88. The molecule has 0 atom stereocenters. The molecule has 0 unspecified atom stereocenters. The standard InChI is InChI=1S/C35H38N2O2/c38-34(36-26-24-32(28-14-5-1-6-15-28)29-16-7-2-8-17-29)22-13-23-35(39)37-27-25-33(30-18-9-3-10-19-30)31-20-11-4-12-21-31/h1-12,14-21,32-33H,13,22-27H2,(H,36,38)(H,37,39). The van der Waals surface area contributed by atoms with E-state index in [1.807, 2.05) is 24.3 Å². The van der Waals surface area contributed by atoms with Gasteiger partial charge in [-0.05, 0) is 41.5 Å². The lowest BCUT2D eigenvalue weighted by Gasteiger charge is -2.19. The zero-order valence-corrected chi connectivity index (χ0v) is 22.5. The second-order valence-corrected chi connectivity index (χ2v) is 9.88. The molecule has 0 aromatic heterocycles. The van der Waals surface area contributed by atoms with Crippen molar-refractivity contribution in [1.29, 1.82) is 0 Å². The molecule has 0 saturated carbocycles. The minimum Gasteiger partial charge on any atom is -0.356 e. The van der Waals surface area contributed by atoms with Crippen LogP contribution in [-0.2, 0) is 9.59 Å². The SMILES string of the molecule is O=C(CCCC(=O)NCCC(c1ccccc1)c1ccccc1)NCCC(c1ccccc1)c1ccccc1. The summed E-state index contributed by atoms with van der Waals surface area (Å²) in [5.41, 5.74) is 4.99. The van der Waals surface area contributed by atoms with Crippen molar-refractivity contribution in [1.82, 2.24) is 10.6 Å². The minimum atomic E-state index is -0.00380. The van der Waals surface area contributed by atoms with Crippen LogP contribution in [0, 0.1) is 0 Å². The van der Waals surface area contributed by atoms with Crippen LogP contribution in [0.4, 0.5) is 0 Å². The van der Waals surface area contributed by atoms with Gasteiger partial charge in [0.05, 0.1) is 0 Å². The Bertz CT molecular complexity index is 1080.